The number of hydrogen-bond donors (Lipinski definition) is 2. The number of nitrogens with one attached hydrogen (secondary N) is 2. The molecule has 4 rings (SSSR count). The average Bonchev–Trinajstić information content (AvgIpc) is 3.07. The molecule has 0 atom stereocenters. The zero-order valence-corrected chi connectivity index (χ0v) is 17.0. The number of piperidine rings is 1. The van der Waals surface area contributed by atoms with Crippen LogP contribution in [0.2, 0.25) is 0 Å². The molecule has 11 heteroatoms. The van der Waals surface area contributed by atoms with Crippen LogP contribution in [0.5, 0.6) is 0 Å². The molecule has 10 nitrogen and oxygen atoms in total. The van der Waals surface area contributed by atoms with Crippen molar-refractivity contribution in [1.82, 2.24) is 15.0 Å². The van der Waals surface area contributed by atoms with Crippen molar-refractivity contribution >= 4 is 38.6 Å². The third-order valence-corrected chi connectivity index (χ3v) is 6.13. The third-order valence-electron chi connectivity index (χ3n) is 4.76. The second-order valence-electron chi connectivity index (χ2n) is 7.13. The molecular weight excluding hydrogens is 396 g/mol. The van der Waals surface area contributed by atoms with Crippen molar-refractivity contribution in [2.75, 3.05) is 41.7 Å². The number of sulfonamides is 1. The Hall–Kier alpha value is -3.08. The standard InChI is InChI=1S/C18H22N6O4S/c1-23(2)16-14(11-19-17(21-16)24-8-4-3-5-9-24)22-29(26,27)12-6-7-15-13(10-12)20-18(25)28-15/h6-7,10-11,22H,3-5,8-9H2,1-2H3,(H,20,25). The molecule has 0 saturated carbocycles. The van der Waals surface area contributed by atoms with Crippen LogP contribution in [0, 0.1) is 0 Å². The molecule has 2 aromatic heterocycles. The van der Waals surface area contributed by atoms with Gasteiger partial charge in [0.15, 0.2) is 11.4 Å². The van der Waals surface area contributed by atoms with Crippen molar-refractivity contribution in [2.45, 2.75) is 24.2 Å². The molecule has 1 aliphatic heterocycles. The van der Waals surface area contributed by atoms with Gasteiger partial charge in [-0.15, -0.1) is 0 Å². The van der Waals surface area contributed by atoms with Crippen LogP contribution in [0.3, 0.4) is 0 Å². The topological polar surface area (TPSA) is 124 Å². The Bertz CT molecular complexity index is 1190. The molecule has 1 saturated heterocycles. The molecule has 29 heavy (non-hydrogen) atoms. The minimum atomic E-state index is -3.92. The SMILES string of the molecule is CN(C)c1nc(N2CCCCC2)ncc1NS(=O)(=O)c1ccc2oc(=O)[nH]c2c1. The first-order chi connectivity index (χ1) is 13.8. The zero-order valence-electron chi connectivity index (χ0n) is 16.2. The molecule has 0 bridgehead atoms. The van der Waals surface area contributed by atoms with Crippen LogP contribution in [0.4, 0.5) is 17.5 Å². The fraction of sp³-hybridized carbons (Fsp3) is 0.389. The molecule has 1 aliphatic rings. The number of anilines is 3. The summed E-state index contributed by atoms with van der Waals surface area (Å²) < 4.78 is 33.3. The van der Waals surface area contributed by atoms with E-state index in [1.807, 2.05) is 0 Å². The van der Waals surface area contributed by atoms with Gasteiger partial charge in [0.25, 0.3) is 10.0 Å². The first-order valence-electron chi connectivity index (χ1n) is 9.28. The van der Waals surface area contributed by atoms with Gasteiger partial charge in [-0.3, -0.25) is 9.71 Å². The lowest BCUT2D eigenvalue weighted by Gasteiger charge is -2.28. The molecule has 0 unspecified atom stereocenters. The van der Waals surface area contributed by atoms with Crippen LogP contribution >= 0.6 is 0 Å². The Morgan fingerprint density at radius 3 is 2.69 bits per heavy atom. The van der Waals surface area contributed by atoms with E-state index in [4.69, 9.17) is 4.42 Å². The zero-order chi connectivity index (χ0) is 20.6. The lowest BCUT2D eigenvalue weighted by Crippen LogP contribution is -2.31. The number of rotatable bonds is 5. The molecular formula is C18H22N6O4S. The predicted molar refractivity (Wildman–Crippen MR) is 110 cm³/mol. The molecule has 154 valence electrons. The number of oxazole rings is 1. The monoisotopic (exact) mass is 418 g/mol. The van der Waals surface area contributed by atoms with E-state index in [0.717, 1.165) is 25.9 Å². The van der Waals surface area contributed by atoms with Gasteiger partial charge < -0.3 is 14.2 Å². The maximum Gasteiger partial charge on any atom is 0.417 e. The van der Waals surface area contributed by atoms with Crippen LogP contribution in [0.25, 0.3) is 11.1 Å². The summed E-state index contributed by atoms with van der Waals surface area (Å²) in [6.07, 6.45) is 4.87. The summed E-state index contributed by atoms with van der Waals surface area (Å²) in [5, 5.41) is 0. The van der Waals surface area contributed by atoms with Crippen molar-refractivity contribution < 1.29 is 12.8 Å². The second-order valence-corrected chi connectivity index (χ2v) is 8.81. The number of nitrogens with zero attached hydrogens (tertiary/aromatic N) is 4. The minimum Gasteiger partial charge on any atom is -0.408 e. The van der Waals surface area contributed by atoms with E-state index in [9.17, 15) is 13.2 Å². The number of aromatic amines is 1. The van der Waals surface area contributed by atoms with E-state index >= 15 is 0 Å². The van der Waals surface area contributed by atoms with Crippen molar-refractivity contribution in [2.24, 2.45) is 0 Å². The summed E-state index contributed by atoms with van der Waals surface area (Å²) >= 11 is 0. The first-order valence-corrected chi connectivity index (χ1v) is 10.8. The average molecular weight is 418 g/mol. The van der Waals surface area contributed by atoms with E-state index in [2.05, 4.69) is 24.6 Å². The van der Waals surface area contributed by atoms with E-state index in [0.29, 0.717) is 17.3 Å². The first kappa shape index (κ1) is 19.2. The summed E-state index contributed by atoms with van der Waals surface area (Å²) in [4.78, 5) is 26.6. The van der Waals surface area contributed by atoms with Crippen molar-refractivity contribution in [3.05, 3.63) is 34.9 Å². The van der Waals surface area contributed by atoms with Crippen LogP contribution in [0.15, 0.2) is 38.5 Å². The van der Waals surface area contributed by atoms with Gasteiger partial charge in [0, 0.05) is 27.2 Å². The number of hydrogen-bond acceptors (Lipinski definition) is 8. The van der Waals surface area contributed by atoms with Gasteiger partial charge in [0.2, 0.25) is 5.95 Å². The Kier molecular flexibility index (Phi) is 4.91. The normalized spacial score (nSPS) is 14.9. The highest BCUT2D eigenvalue weighted by Crippen LogP contribution is 2.28. The Morgan fingerprint density at radius 1 is 1.21 bits per heavy atom. The molecule has 0 amide bonds. The highest BCUT2D eigenvalue weighted by Gasteiger charge is 2.21. The Labute approximate surface area is 167 Å². The molecule has 1 fully saturated rings. The van der Waals surface area contributed by atoms with Crippen molar-refractivity contribution in [3.8, 4) is 0 Å². The minimum absolute atomic E-state index is 0.00753. The fourth-order valence-corrected chi connectivity index (χ4v) is 4.40. The summed E-state index contributed by atoms with van der Waals surface area (Å²) in [5.74, 6) is 0.426. The van der Waals surface area contributed by atoms with Crippen LogP contribution in [0.1, 0.15) is 19.3 Å². The van der Waals surface area contributed by atoms with Crippen molar-refractivity contribution in [1.29, 1.82) is 0 Å². The predicted octanol–water partition coefficient (Wildman–Crippen LogP) is 1.77. The quantitative estimate of drug-likeness (QED) is 0.642. The van der Waals surface area contributed by atoms with Gasteiger partial charge in [-0.25, -0.2) is 18.2 Å². The molecule has 3 heterocycles. The lowest BCUT2D eigenvalue weighted by molar-refractivity contribution is 0.555. The number of benzene rings is 1. The van der Waals surface area contributed by atoms with Gasteiger partial charge in [-0.1, -0.05) is 0 Å². The van der Waals surface area contributed by atoms with Gasteiger partial charge in [0.1, 0.15) is 5.69 Å². The number of H-pyrrole nitrogens is 1. The van der Waals surface area contributed by atoms with E-state index in [1.165, 1.54) is 30.8 Å². The molecule has 0 aliphatic carbocycles. The largest absolute Gasteiger partial charge is 0.417 e. The number of aromatic nitrogens is 3. The molecule has 1 aromatic carbocycles. The van der Waals surface area contributed by atoms with Gasteiger partial charge in [-0.05, 0) is 37.5 Å². The van der Waals surface area contributed by atoms with E-state index in [1.54, 1.807) is 19.0 Å². The highest BCUT2D eigenvalue weighted by atomic mass is 32.2. The van der Waals surface area contributed by atoms with Crippen molar-refractivity contribution in [3.63, 3.8) is 0 Å². The van der Waals surface area contributed by atoms with Gasteiger partial charge >= 0.3 is 5.76 Å². The smallest absolute Gasteiger partial charge is 0.408 e. The molecule has 0 radical (unpaired) electrons. The van der Waals surface area contributed by atoms with Gasteiger partial charge in [0.05, 0.1) is 16.6 Å². The second kappa shape index (κ2) is 7.39. The Balaban J connectivity index is 1.66. The van der Waals surface area contributed by atoms with E-state index in [-0.39, 0.29) is 16.2 Å². The molecule has 2 N–H and O–H groups in total. The summed E-state index contributed by atoms with van der Waals surface area (Å²) in [6.45, 7) is 1.78. The van der Waals surface area contributed by atoms with Crippen LogP contribution < -0.4 is 20.3 Å². The maximum absolute atomic E-state index is 12.9. The van der Waals surface area contributed by atoms with Crippen LogP contribution in [-0.2, 0) is 10.0 Å². The fourth-order valence-electron chi connectivity index (χ4n) is 3.32. The van der Waals surface area contributed by atoms with E-state index < -0.39 is 15.8 Å². The summed E-state index contributed by atoms with van der Waals surface area (Å²) in [5.41, 5.74) is 0.871. The lowest BCUT2D eigenvalue weighted by atomic mass is 10.1. The summed E-state index contributed by atoms with van der Waals surface area (Å²) in [6, 6.07) is 4.16. The van der Waals surface area contributed by atoms with Gasteiger partial charge in [-0.2, -0.15) is 4.98 Å². The maximum atomic E-state index is 12.9. The molecule has 3 aromatic rings. The van der Waals surface area contributed by atoms with Crippen LogP contribution in [-0.4, -0.2) is 50.6 Å². The molecule has 0 spiro atoms. The number of fused-ring (bicyclic) bond motifs is 1. The highest BCUT2D eigenvalue weighted by molar-refractivity contribution is 7.92. The summed E-state index contributed by atoms with van der Waals surface area (Å²) in [7, 11) is -0.335. The third kappa shape index (κ3) is 3.90. The Morgan fingerprint density at radius 2 is 1.97 bits per heavy atom.